The van der Waals surface area contributed by atoms with Gasteiger partial charge in [-0.25, -0.2) is 0 Å². The number of para-hydroxylation sites is 2. The van der Waals surface area contributed by atoms with Crippen molar-refractivity contribution in [2.75, 3.05) is 42.8 Å². The van der Waals surface area contributed by atoms with Crippen LogP contribution < -0.4 is 20.3 Å². The van der Waals surface area contributed by atoms with Gasteiger partial charge in [-0.2, -0.15) is 0 Å². The van der Waals surface area contributed by atoms with Crippen molar-refractivity contribution in [2.24, 2.45) is 0 Å². The molecular formula is C22H26N4O4. The molecule has 0 aliphatic carbocycles. The highest BCUT2D eigenvalue weighted by molar-refractivity contribution is 6.05. The molecule has 1 heterocycles. The first-order valence-corrected chi connectivity index (χ1v) is 9.70. The van der Waals surface area contributed by atoms with Gasteiger partial charge in [0.25, 0.3) is 0 Å². The predicted molar refractivity (Wildman–Crippen MR) is 116 cm³/mol. The third kappa shape index (κ3) is 5.15. The zero-order chi connectivity index (χ0) is 21.7. The number of carbonyl (C=O) groups excluding carboxylic acids is 3. The summed E-state index contributed by atoms with van der Waals surface area (Å²) < 4.78 is 5.15. The van der Waals surface area contributed by atoms with Crippen LogP contribution in [-0.4, -0.2) is 55.9 Å². The van der Waals surface area contributed by atoms with Crippen LogP contribution in [0.3, 0.4) is 0 Å². The van der Waals surface area contributed by atoms with E-state index in [9.17, 15) is 14.4 Å². The van der Waals surface area contributed by atoms with E-state index >= 15 is 0 Å². The minimum atomic E-state index is -0.292. The maximum absolute atomic E-state index is 13.1. The van der Waals surface area contributed by atoms with Crippen LogP contribution >= 0.6 is 0 Å². The number of nitrogens with one attached hydrogen (secondary N) is 2. The van der Waals surface area contributed by atoms with Gasteiger partial charge in [0.1, 0.15) is 5.75 Å². The van der Waals surface area contributed by atoms with Gasteiger partial charge in [0, 0.05) is 24.2 Å². The lowest BCUT2D eigenvalue weighted by Crippen LogP contribution is -2.45. The number of likely N-dealkylation sites (N-methyl/N-ethyl adjacent to an activating group) is 1. The molecular weight excluding hydrogens is 384 g/mol. The fourth-order valence-corrected chi connectivity index (χ4v) is 3.48. The van der Waals surface area contributed by atoms with Crippen LogP contribution in [0, 0.1) is 0 Å². The summed E-state index contributed by atoms with van der Waals surface area (Å²) in [4.78, 5) is 40.8. The Morgan fingerprint density at radius 2 is 1.97 bits per heavy atom. The lowest BCUT2D eigenvalue weighted by atomic mass is 10.1. The van der Waals surface area contributed by atoms with Gasteiger partial charge in [-0.1, -0.05) is 18.2 Å². The van der Waals surface area contributed by atoms with E-state index in [-0.39, 0.29) is 43.3 Å². The Morgan fingerprint density at radius 3 is 2.73 bits per heavy atom. The molecule has 2 aromatic rings. The molecule has 0 saturated heterocycles. The lowest BCUT2D eigenvalue weighted by molar-refractivity contribution is -0.121. The Balaban J connectivity index is 1.64. The van der Waals surface area contributed by atoms with Crippen LogP contribution in [0.15, 0.2) is 48.5 Å². The number of hydrogen-bond donors (Lipinski definition) is 2. The van der Waals surface area contributed by atoms with Gasteiger partial charge >= 0.3 is 0 Å². The van der Waals surface area contributed by atoms with E-state index in [2.05, 4.69) is 10.6 Å². The molecule has 0 bridgehead atoms. The molecule has 0 unspecified atom stereocenters. The summed E-state index contributed by atoms with van der Waals surface area (Å²) in [5, 5.41) is 5.64. The maximum atomic E-state index is 13.1. The standard InChI is InChI=1S/C22H26N4O4/c1-15-11-20(27)24-18-9-4-5-10-19(18)26(15)22(29)14-25(2)13-21(28)23-16-7-6-8-17(12-16)30-3/h4-10,12,15H,11,13-14H2,1-3H3,(H,23,28)(H,24,27)/t15-/m1/s1. The van der Waals surface area contributed by atoms with Crippen molar-refractivity contribution >= 4 is 34.8 Å². The first kappa shape index (κ1) is 21.3. The minimum Gasteiger partial charge on any atom is -0.497 e. The molecule has 0 fully saturated rings. The highest BCUT2D eigenvalue weighted by Gasteiger charge is 2.30. The van der Waals surface area contributed by atoms with Crippen LogP contribution in [0.2, 0.25) is 0 Å². The smallest absolute Gasteiger partial charge is 0.241 e. The molecule has 0 spiro atoms. The summed E-state index contributed by atoms with van der Waals surface area (Å²) in [6.07, 6.45) is 0.209. The SMILES string of the molecule is COc1cccc(NC(=O)CN(C)CC(=O)N2c3ccccc3NC(=O)C[C@H]2C)c1. The topological polar surface area (TPSA) is 91.0 Å². The summed E-state index contributed by atoms with van der Waals surface area (Å²) >= 11 is 0. The number of ether oxygens (including phenoxy) is 1. The molecule has 8 heteroatoms. The van der Waals surface area contributed by atoms with Crippen molar-refractivity contribution in [1.82, 2.24) is 4.90 Å². The molecule has 3 rings (SSSR count). The van der Waals surface area contributed by atoms with Gasteiger partial charge in [0.15, 0.2) is 0 Å². The number of methoxy groups -OCH3 is 1. The Bertz CT molecular complexity index is 946. The zero-order valence-corrected chi connectivity index (χ0v) is 17.3. The van der Waals surface area contributed by atoms with Crippen LogP contribution in [0.1, 0.15) is 13.3 Å². The molecule has 158 valence electrons. The third-order valence-corrected chi connectivity index (χ3v) is 4.80. The molecule has 8 nitrogen and oxygen atoms in total. The summed E-state index contributed by atoms with van der Waals surface area (Å²) in [6, 6.07) is 14.0. The maximum Gasteiger partial charge on any atom is 0.241 e. The van der Waals surface area contributed by atoms with Gasteiger partial charge < -0.3 is 20.3 Å². The molecule has 1 atom stereocenters. The van der Waals surface area contributed by atoms with E-state index in [1.165, 1.54) is 0 Å². The number of benzene rings is 2. The first-order valence-electron chi connectivity index (χ1n) is 9.70. The monoisotopic (exact) mass is 410 g/mol. The molecule has 3 amide bonds. The highest BCUT2D eigenvalue weighted by atomic mass is 16.5. The zero-order valence-electron chi connectivity index (χ0n) is 17.3. The van der Waals surface area contributed by atoms with Gasteiger partial charge in [0.2, 0.25) is 17.7 Å². The van der Waals surface area contributed by atoms with Crippen molar-refractivity contribution < 1.29 is 19.1 Å². The number of hydrogen-bond acceptors (Lipinski definition) is 5. The number of fused-ring (bicyclic) bond motifs is 1. The Kier molecular flexibility index (Phi) is 6.68. The van der Waals surface area contributed by atoms with E-state index in [4.69, 9.17) is 4.74 Å². The van der Waals surface area contributed by atoms with E-state index in [1.54, 1.807) is 54.3 Å². The van der Waals surface area contributed by atoms with Crippen molar-refractivity contribution in [3.05, 3.63) is 48.5 Å². The first-order chi connectivity index (χ1) is 14.4. The Labute approximate surface area is 175 Å². The molecule has 30 heavy (non-hydrogen) atoms. The second-order valence-electron chi connectivity index (χ2n) is 7.33. The molecule has 1 aliphatic heterocycles. The molecule has 2 aromatic carbocycles. The fourth-order valence-electron chi connectivity index (χ4n) is 3.48. The Morgan fingerprint density at radius 1 is 1.20 bits per heavy atom. The molecule has 2 N–H and O–H groups in total. The number of amides is 3. The summed E-state index contributed by atoms with van der Waals surface area (Å²) in [6.45, 7) is 1.93. The average Bonchev–Trinajstić information content (AvgIpc) is 2.81. The van der Waals surface area contributed by atoms with Crippen LogP contribution in [0.4, 0.5) is 17.1 Å². The molecule has 0 radical (unpaired) electrons. The number of anilines is 3. The molecule has 0 aromatic heterocycles. The van der Waals surface area contributed by atoms with E-state index in [1.807, 2.05) is 25.1 Å². The van der Waals surface area contributed by atoms with E-state index < -0.39 is 0 Å². The molecule has 1 aliphatic rings. The van der Waals surface area contributed by atoms with E-state index in [0.29, 0.717) is 22.8 Å². The third-order valence-electron chi connectivity index (χ3n) is 4.80. The van der Waals surface area contributed by atoms with E-state index in [0.717, 1.165) is 0 Å². The second-order valence-corrected chi connectivity index (χ2v) is 7.33. The van der Waals surface area contributed by atoms with Crippen molar-refractivity contribution in [3.8, 4) is 5.75 Å². The normalized spacial score (nSPS) is 15.8. The largest absolute Gasteiger partial charge is 0.497 e. The minimum absolute atomic E-state index is 0.0401. The van der Waals surface area contributed by atoms with Gasteiger partial charge in [-0.15, -0.1) is 0 Å². The van der Waals surface area contributed by atoms with Crippen molar-refractivity contribution in [1.29, 1.82) is 0 Å². The second kappa shape index (κ2) is 9.41. The predicted octanol–water partition coefficient (Wildman–Crippen LogP) is 2.33. The number of carbonyl (C=O) groups is 3. The summed E-state index contributed by atoms with van der Waals surface area (Å²) in [5.41, 5.74) is 1.90. The average molecular weight is 410 g/mol. The summed E-state index contributed by atoms with van der Waals surface area (Å²) in [7, 11) is 3.27. The van der Waals surface area contributed by atoms with Crippen LogP contribution in [-0.2, 0) is 14.4 Å². The number of nitrogens with zero attached hydrogens (tertiary/aromatic N) is 2. The fraction of sp³-hybridized carbons (Fsp3) is 0.318. The van der Waals surface area contributed by atoms with Crippen molar-refractivity contribution in [3.63, 3.8) is 0 Å². The summed E-state index contributed by atoms with van der Waals surface area (Å²) in [5.74, 6) is 0.104. The molecule has 0 saturated carbocycles. The van der Waals surface area contributed by atoms with Gasteiger partial charge in [-0.3, -0.25) is 19.3 Å². The quantitative estimate of drug-likeness (QED) is 0.763. The van der Waals surface area contributed by atoms with Crippen LogP contribution in [0.5, 0.6) is 5.75 Å². The van der Waals surface area contributed by atoms with Crippen LogP contribution in [0.25, 0.3) is 0 Å². The van der Waals surface area contributed by atoms with Gasteiger partial charge in [0.05, 0.1) is 31.6 Å². The lowest BCUT2D eigenvalue weighted by Gasteiger charge is -2.29. The number of rotatable bonds is 6. The van der Waals surface area contributed by atoms with Gasteiger partial charge in [-0.05, 0) is 38.2 Å². The van der Waals surface area contributed by atoms with Crippen molar-refractivity contribution in [2.45, 2.75) is 19.4 Å². The highest BCUT2D eigenvalue weighted by Crippen LogP contribution is 2.31. The Hall–Kier alpha value is -3.39.